The SMILES string of the molecule is CCN1CCN(CC(=O)O)CCN(CC(=O)O)CCN(COC=O)C(Cc2ccc(NC(=S)N[C@H](CCCCNC(=O)CCCc3ccc(I)cc3)C(=O)N3CCN(CCOCCOCc4cn(Cc5cccc6c5CN(C(=O)C[C@@H]5C[C@@H](C(=O)N7CC(F)(F)C[C@H]7C#N)NC5=O)C6)nn4)CC3)cc2)C1. The predicted octanol–water partition coefficient (Wildman–Crippen LogP) is 3.22. The second-order valence-corrected chi connectivity index (χ2v) is 29.0. The van der Waals surface area contributed by atoms with Gasteiger partial charge in [0.2, 0.25) is 29.5 Å². The molecule has 5 aliphatic heterocycles. The van der Waals surface area contributed by atoms with Crippen LogP contribution < -0.4 is 21.3 Å². The number of benzene rings is 3. The number of amides is 5. The van der Waals surface area contributed by atoms with Gasteiger partial charge >= 0.3 is 11.9 Å². The smallest absolute Gasteiger partial charge is 0.317 e. The number of nitriles is 1. The van der Waals surface area contributed by atoms with Crippen LogP contribution >= 0.6 is 34.8 Å². The van der Waals surface area contributed by atoms with Gasteiger partial charge in [-0.2, -0.15) is 5.26 Å². The summed E-state index contributed by atoms with van der Waals surface area (Å²) in [5, 5.41) is 49.9. The number of piperazine rings is 1. The molecule has 0 radical (unpaired) electrons. The molecule has 5 amide bonds. The van der Waals surface area contributed by atoms with Crippen molar-refractivity contribution in [2.24, 2.45) is 5.92 Å². The highest BCUT2D eigenvalue weighted by atomic mass is 127. The molecule has 4 fully saturated rings. The first-order valence-corrected chi connectivity index (χ1v) is 37.5. The fraction of sp³-hybridized carbons (Fsp3) is 0.583. The molecule has 29 nitrogen and oxygen atoms in total. The third-order valence-electron chi connectivity index (χ3n) is 19.8. The summed E-state index contributed by atoms with van der Waals surface area (Å²) in [7, 11) is 0. The number of hydrogen-bond acceptors (Lipinski definition) is 20. The number of nitrogens with one attached hydrogen (secondary N) is 4. The number of hydrogen-bond donors (Lipinski definition) is 6. The number of halogens is 3. The highest BCUT2D eigenvalue weighted by Crippen LogP contribution is 2.35. The van der Waals surface area contributed by atoms with Gasteiger partial charge in [0.05, 0.1) is 64.9 Å². The monoisotopic (exact) mass is 1590 g/mol. The van der Waals surface area contributed by atoms with Crippen LogP contribution in [-0.4, -0.2) is 285 Å². The molecule has 1 unspecified atom stereocenters. The zero-order valence-electron chi connectivity index (χ0n) is 59.4. The standard InChI is InChI=1S/C72H97F2IN16O13S/c1-2-83-21-22-85(45-66(95)96)23-24-86(46-67(97)98)27-30-88(49-104-50-92)59(43-83)35-52-14-18-57(19-15-52)78-71(105)80-62(10-3-4-20-77-64(93)11-5-7-51-12-16-56(75)17-13-51)69(100)87-28-25-84(26-29-87)31-32-102-33-34-103-47-58-42-90(82-81-58)41-54-9-6-8-53-40-89(44-61(53)54)65(94)37-55-36-63(79-68(55)99)70(101)91-48-72(73,74)38-60(91)39-76/h6,8-9,12-19,42,50,55,59-60,62-63H,2-5,7,10-11,20-38,40-41,43-49H2,1H3,(H,77,93)(H,79,99)(H,95,96)(H,97,98)(H2,78,80,105)/t55-,59?,60-,62+,63-/m0/s1. The first-order valence-electron chi connectivity index (χ1n) is 36.0. The number of alkyl halides is 2. The number of carbonyl (C=O) groups excluding carboxylic acids is 6. The summed E-state index contributed by atoms with van der Waals surface area (Å²) in [6.45, 7) is 10.7. The number of anilines is 1. The molecular formula is C72H97F2IN16O13S. The van der Waals surface area contributed by atoms with Crippen molar-refractivity contribution in [3.63, 3.8) is 0 Å². The Morgan fingerprint density at radius 3 is 2.25 bits per heavy atom. The number of aliphatic carboxylic acids is 2. The van der Waals surface area contributed by atoms with Crippen LogP contribution in [0.4, 0.5) is 14.5 Å². The third-order valence-corrected chi connectivity index (χ3v) is 20.7. The van der Waals surface area contributed by atoms with Gasteiger partial charge in [-0.3, -0.25) is 58.0 Å². The molecule has 5 atom stereocenters. The van der Waals surface area contributed by atoms with Gasteiger partial charge in [-0.15, -0.1) is 5.10 Å². The lowest BCUT2D eigenvalue weighted by molar-refractivity contribution is -0.140. The third kappa shape index (κ3) is 25.6. The topological polar surface area (TPSA) is 333 Å². The maximum absolute atomic E-state index is 14.5. The van der Waals surface area contributed by atoms with Gasteiger partial charge in [-0.1, -0.05) is 54.6 Å². The van der Waals surface area contributed by atoms with Crippen LogP contribution in [0.5, 0.6) is 0 Å². The van der Waals surface area contributed by atoms with Crippen molar-refractivity contribution in [1.82, 2.24) is 70.1 Å². The van der Waals surface area contributed by atoms with E-state index in [1.807, 2.05) is 64.1 Å². The van der Waals surface area contributed by atoms with E-state index in [9.17, 15) is 62.6 Å². The molecule has 9 rings (SSSR count). The quantitative estimate of drug-likeness (QED) is 0.0167. The summed E-state index contributed by atoms with van der Waals surface area (Å²) in [6, 6.07) is 20.4. The Balaban J connectivity index is 0.709. The zero-order chi connectivity index (χ0) is 74.8. The van der Waals surface area contributed by atoms with E-state index in [-0.39, 0.29) is 68.1 Å². The molecule has 5 aliphatic rings. The number of thiocarbonyl (C=S) groups is 1. The van der Waals surface area contributed by atoms with Crippen LogP contribution in [0.2, 0.25) is 0 Å². The molecule has 6 N–H and O–H groups in total. The Kier molecular flexibility index (Phi) is 31.4. The second-order valence-electron chi connectivity index (χ2n) is 27.4. The van der Waals surface area contributed by atoms with Crippen LogP contribution in [0.3, 0.4) is 0 Å². The molecule has 105 heavy (non-hydrogen) atoms. The number of aryl methyl sites for hydroxylation is 1. The number of likely N-dealkylation sites (N-methyl/N-ethyl adjacent to an activating group) is 1. The van der Waals surface area contributed by atoms with Crippen molar-refractivity contribution in [2.45, 2.75) is 127 Å². The minimum Gasteiger partial charge on any atom is -0.480 e. The molecule has 33 heteroatoms. The van der Waals surface area contributed by atoms with Crippen molar-refractivity contribution in [1.29, 1.82) is 5.26 Å². The van der Waals surface area contributed by atoms with Gasteiger partial charge in [0.25, 0.3) is 12.4 Å². The summed E-state index contributed by atoms with van der Waals surface area (Å²) in [5.41, 5.74) is 6.33. The number of ether oxygens (including phenoxy) is 3. The van der Waals surface area contributed by atoms with Gasteiger partial charge in [0.15, 0.2) is 5.11 Å². The molecule has 1 aromatic heterocycles. The minimum absolute atomic E-state index is 0.00315. The van der Waals surface area contributed by atoms with Crippen molar-refractivity contribution >= 4 is 93.6 Å². The molecule has 0 saturated carbocycles. The first kappa shape index (κ1) is 81.1. The fourth-order valence-corrected chi connectivity index (χ4v) is 14.6. The van der Waals surface area contributed by atoms with Crippen molar-refractivity contribution in [3.05, 3.63) is 110 Å². The lowest BCUT2D eigenvalue weighted by Crippen LogP contribution is -2.55. The Morgan fingerprint density at radius 1 is 0.848 bits per heavy atom. The second kappa shape index (κ2) is 40.7. The number of aromatic nitrogens is 3. The van der Waals surface area contributed by atoms with E-state index in [0.717, 1.165) is 43.6 Å². The molecule has 0 aliphatic carbocycles. The number of carbonyl (C=O) groups is 8. The molecular weight excluding hydrogens is 1490 g/mol. The predicted molar refractivity (Wildman–Crippen MR) is 394 cm³/mol. The van der Waals surface area contributed by atoms with E-state index >= 15 is 0 Å². The molecule has 4 aromatic rings. The van der Waals surface area contributed by atoms with Gasteiger partial charge in [-0.25, -0.2) is 13.5 Å². The number of unbranched alkanes of at least 4 members (excludes halogenated alkanes) is 1. The van der Waals surface area contributed by atoms with Crippen LogP contribution in [0.15, 0.2) is 72.9 Å². The van der Waals surface area contributed by atoms with Crippen LogP contribution in [0.1, 0.15) is 91.8 Å². The minimum atomic E-state index is -3.19. The highest BCUT2D eigenvalue weighted by Gasteiger charge is 2.50. The van der Waals surface area contributed by atoms with Gasteiger partial charge in [-0.05, 0) is 138 Å². The van der Waals surface area contributed by atoms with Gasteiger partial charge in [0.1, 0.15) is 30.6 Å². The first-order chi connectivity index (χ1) is 50.6. The maximum Gasteiger partial charge on any atom is 0.317 e. The van der Waals surface area contributed by atoms with E-state index in [4.69, 9.17) is 26.4 Å². The lowest BCUT2D eigenvalue weighted by atomic mass is 9.99. The lowest BCUT2D eigenvalue weighted by Gasteiger charge is -2.37. The van der Waals surface area contributed by atoms with E-state index < -0.39 is 66.7 Å². The zero-order valence-corrected chi connectivity index (χ0v) is 62.4. The number of rotatable bonds is 35. The van der Waals surface area contributed by atoms with Crippen LogP contribution in [0.25, 0.3) is 0 Å². The van der Waals surface area contributed by atoms with Gasteiger partial charge in [0, 0.05) is 139 Å². The van der Waals surface area contributed by atoms with Crippen molar-refractivity contribution in [3.8, 4) is 6.07 Å². The maximum atomic E-state index is 14.5. The number of nitrogens with zero attached hydrogens (tertiary/aromatic N) is 12. The highest BCUT2D eigenvalue weighted by molar-refractivity contribution is 14.1. The molecule has 3 aromatic carbocycles. The van der Waals surface area contributed by atoms with Crippen LogP contribution in [-0.2, 0) is 91.6 Å². The largest absolute Gasteiger partial charge is 0.480 e. The normalized spacial score (nSPS) is 20.3. The number of fused-ring (bicyclic) bond motifs is 1. The fourth-order valence-electron chi connectivity index (χ4n) is 14.0. The molecule has 570 valence electrons. The summed E-state index contributed by atoms with van der Waals surface area (Å²) in [5.74, 6) is -7.58. The van der Waals surface area contributed by atoms with Gasteiger partial charge < -0.3 is 65.3 Å². The molecule has 0 bridgehead atoms. The Bertz CT molecular complexity index is 3630. The van der Waals surface area contributed by atoms with E-state index in [0.29, 0.717) is 181 Å². The van der Waals surface area contributed by atoms with E-state index in [2.05, 4.69) is 88.2 Å². The number of carboxylic acids is 2. The summed E-state index contributed by atoms with van der Waals surface area (Å²) in [6.07, 6.45) is 5.13. The molecule has 0 spiro atoms. The van der Waals surface area contributed by atoms with Crippen LogP contribution in [0, 0.1) is 20.8 Å². The number of carboxylic acid groups (broad SMARTS) is 2. The summed E-state index contributed by atoms with van der Waals surface area (Å²) < 4.78 is 48.2. The number of likely N-dealkylation sites (tertiary alicyclic amines) is 1. The Hall–Kier alpha value is -7.95. The van der Waals surface area contributed by atoms with E-state index in [1.54, 1.807) is 26.7 Å². The van der Waals surface area contributed by atoms with Crippen molar-refractivity contribution < 1.29 is 71.6 Å². The Labute approximate surface area is 629 Å². The summed E-state index contributed by atoms with van der Waals surface area (Å²) >= 11 is 8.17. The average Bonchev–Trinajstić information content (AvgIpc) is 1.69. The Morgan fingerprint density at radius 2 is 1.54 bits per heavy atom. The average molecular weight is 1590 g/mol. The molecule has 4 saturated heterocycles. The molecule has 6 heterocycles. The summed E-state index contributed by atoms with van der Waals surface area (Å²) in [4.78, 5) is 117. The van der Waals surface area contributed by atoms with E-state index in [1.165, 1.54) is 5.56 Å². The van der Waals surface area contributed by atoms with Crippen molar-refractivity contribution in [2.75, 3.05) is 143 Å².